The number of hydrogen-bond acceptors (Lipinski definition) is 5. The van der Waals surface area contributed by atoms with Crippen molar-refractivity contribution in [3.8, 4) is 11.3 Å². The zero-order chi connectivity index (χ0) is 20.4. The van der Waals surface area contributed by atoms with Crippen LogP contribution in [0.1, 0.15) is 41.5 Å². The summed E-state index contributed by atoms with van der Waals surface area (Å²) in [6, 6.07) is 7.96. The summed E-state index contributed by atoms with van der Waals surface area (Å²) in [5, 5.41) is 3.98. The standard InChI is InChI=1S/C22H23FN4O2/c1-14-10-20(29-26-14)19-12-24-15(2)25-22(19)17-4-3-9-27(13-17)21(28)11-16-5-7-18(23)8-6-16/h5-8,10,12,17H,3-4,9,11,13H2,1-2H3/t17-/m1/s1. The number of aryl methyl sites for hydroxylation is 2. The van der Waals surface area contributed by atoms with Gasteiger partial charge in [-0.1, -0.05) is 17.3 Å². The lowest BCUT2D eigenvalue weighted by Gasteiger charge is -2.33. The Balaban J connectivity index is 1.54. The molecule has 4 rings (SSSR count). The fourth-order valence-electron chi connectivity index (χ4n) is 3.79. The molecule has 1 aliphatic heterocycles. The monoisotopic (exact) mass is 394 g/mol. The van der Waals surface area contributed by atoms with Gasteiger partial charge in [0.15, 0.2) is 5.76 Å². The number of piperidine rings is 1. The lowest BCUT2D eigenvalue weighted by atomic mass is 9.91. The highest BCUT2D eigenvalue weighted by atomic mass is 19.1. The van der Waals surface area contributed by atoms with Crippen LogP contribution in [0.25, 0.3) is 11.3 Å². The number of halogens is 1. The highest BCUT2D eigenvalue weighted by Crippen LogP contribution is 2.33. The van der Waals surface area contributed by atoms with Crippen molar-refractivity contribution in [1.29, 1.82) is 0 Å². The summed E-state index contributed by atoms with van der Waals surface area (Å²) >= 11 is 0. The molecule has 0 bridgehead atoms. The van der Waals surface area contributed by atoms with Crippen molar-refractivity contribution < 1.29 is 13.7 Å². The second-order valence-electron chi connectivity index (χ2n) is 7.53. The Morgan fingerprint density at radius 2 is 2.07 bits per heavy atom. The molecule has 0 aliphatic carbocycles. The second-order valence-corrected chi connectivity index (χ2v) is 7.53. The van der Waals surface area contributed by atoms with Crippen LogP contribution in [0.4, 0.5) is 4.39 Å². The Bertz CT molecular complexity index is 1020. The van der Waals surface area contributed by atoms with Crippen LogP contribution in [-0.2, 0) is 11.2 Å². The van der Waals surface area contributed by atoms with Gasteiger partial charge in [-0.15, -0.1) is 0 Å². The molecule has 3 heterocycles. The van der Waals surface area contributed by atoms with Crippen LogP contribution < -0.4 is 0 Å². The van der Waals surface area contributed by atoms with E-state index in [0.29, 0.717) is 18.1 Å². The Kier molecular flexibility index (Phi) is 5.38. The van der Waals surface area contributed by atoms with Crippen molar-refractivity contribution in [3.05, 3.63) is 65.1 Å². The van der Waals surface area contributed by atoms with Crippen LogP contribution in [-0.4, -0.2) is 39.0 Å². The van der Waals surface area contributed by atoms with E-state index in [1.165, 1.54) is 12.1 Å². The van der Waals surface area contributed by atoms with Gasteiger partial charge in [0, 0.05) is 31.3 Å². The first kappa shape index (κ1) is 19.2. The maximum absolute atomic E-state index is 13.1. The van der Waals surface area contributed by atoms with E-state index < -0.39 is 0 Å². The minimum Gasteiger partial charge on any atom is -0.356 e. The van der Waals surface area contributed by atoms with Gasteiger partial charge in [0.1, 0.15) is 11.6 Å². The number of nitrogens with zero attached hydrogens (tertiary/aromatic N) is 4. The molecule has 1 fully saturated rings. The summed E-state index contributed by atoms with van der Waals surface area (Å²) in [4.78, 5) is 23.7. The molecule has 1 atom stereocenters. The fourth-order valence-corrected chi connectivity index (χ4v) is 3.79. The first-order valence-electron chi connectivity index (χ1n) is 9.79. The third kappa shape index (κ3) is 4.34. The summed E-state index contributed by atoms with van der Waals surface area (Å²) in [5.41, 5.74) is 3.34. The average Bonchev–Trinajstić information content (AvgIpc) is 3.16. The molecule has 0 unspecified atom stereocenters. The Morgan fingerprint density at radius 3 is 2.79 bits per heavy atom. The van der Waals surface area contributed by atoms with Crippen molar-refractivity contribution in [2.45, 2.75) is 39.0 Å². The fraction of sp³-hybridized carbons (Fsp3) is 0.364. The topological polar surface area (TPSA) is 72.1 Å². The van der Waals surface area contributed by atoms with E-state index in [9.17, 15) is 9.18 Å². The van der Waals surface area contributed by atoms with Crippen molar-refractivity contribution in [2.75, 3.05) is 13.1 Å². The molecule has 1 aromatic carbocycles. The zero-order valence-electron chi connectivity index (χ0n) is 16.6. The molecular formula is C22H23FN4O2. The largest absolute Gasteiger partial charge is 0.356 e. The Labute approximate surface area is 168 Å². The number of carbonyl (C=O) groups excluding carboxylic acids is 1. The van der Waals surface area contributed by atoms with Crippen LogP contribution >= 0.6 is 0 Å². The highest BCUT2D eigenvalue weighted by Gasteiger charge is 2.28. The average molecular weight is 394 g/mol. The molecule has 1 aliphatic rings. The van der Waals surface area contributed by atoms with Crippen LogP contribution in [0.5, 0.6) is 0 Å². The smallest absolute Gasteiger partial charge is 0.227 e. The quantitative estimate of drug-likeness (QED) is 0.672. The summed E-state index contributed by atoms with van der Waals surface area (Å²) in [6.07, 6.45) is 3.88. The first-order chi connectivity index (χ1) is 14.0. The highest BCUT2D eigenvalue weighted by molar-refractivity contribution is 5.79. The van der Waals surface area contributed by atoms with Gasteiger partial charge in [0.05, 0.1) is 23.4 Å². The number of amides is 1. The molecule has 0 radical (unpaired) electrons. The molecule has 2 aromatic heterocycles. The van der Waals surface area contributed by atoms with Crippen LogP contribution in [0.15, 0.2) is 41.1 Å². The summed E-state index contributed by atoms with van der Waals surface area (Å²) in [5.74, 6) is 1.18. The SMILES string of the molecule is Cc1cc(-c2cnc(C)nc2[C@@H]2CCCN(C(=O)Cc3ccc(F)cc3)C2)on1. The van der Waals surface area contributed by atoms with E-state index >= 15 is 0 Å². The van der Waals surface area contributed by atoms with E-state index in [1.807, 2.05) is 24.8 Å². The van der Waals surface area contributed by atoms with Crippen molar-refractivity contribution >= 4 is 5.91 Å². The molecule has 0 spiro atoms. The minimum absolute atomic E-state index is 0.0455. The molecule has 6 nitrogen and oxygen atoms in total. The maximum atomic E-state index is 13.1. The normalized spacial score (nSPS) is 16.8. The van der Waals surface area contributed by atoms with Gasteiger partial charge in [0.25, 0.3) is 0 Å². The Hall–Kier alpha value is -3.09. The molecule has 1 amide bonds. The van der Waals surface area contributed by atoms with E-state index in [1.54, 1.807) is 18.3 Å². The first-order valence-corrected chi connectivity index (χ1v) is 9.79. The Morgan fingerprint density at radius 1 is 1.28 bits per heavy atom. The van der Waals surface area contributed by atoms with E-state index in [-0.39, 0.29) is 24.1 Å². The van der Waals surface area contributed by atoms with Crippen molar-refractivity contribution in [2.24, 2.45) is 0 Å². The number of aromatic nitrogens is 3. The third-order valence-corrected chi connectivity index (χ3v) is 5.26. The van der Waals surface area contributed by atoms with Crippen molar-refractivity contribution in [1.82, 2.24) is 20.0 Å². The van der Waals surface area contributed by atoms with Crippen LogP contribution in [0, 0.1) is 19.7 Å². The van der Waals surface area contributed by atoms with Gasteiger partial charge < -0.3 is 9.42 Å². The van der Waals surface area contributed by atoms with Gasteiger partial charge in [0.2, 0.25) is 5.91 Å². The van der Waals surface area contributed by atoms with Gasteiger partial charge in [-0.3, -0.25) is 4.79 Å². The molecule has 29 heavy (non-hydrogen) atoms. The molecule has 7 heteroatoms. The third-order valence-electron chi connectivity index (χ3n) is 5.26. The summed E-state index contributed by atoms with van der Waals surface area (Å²) in [7, 11) is 0. The van der Waals surface area contributed by atoms with E-state index in [4.69, 9.17) is 9.51 Å². The number of benzene rings is 1. The molecular weight excluding hydrogens is 371 g/mol. The van der Waals surface area contributed by atoms with Gasteiger partial charge in [-0.2, -0.15) is 0 Å². The summed E-state index contributed by atoms with van der Waals surface area (Å²) < 4.78 is 18.6. The minimum atomic E-state index is -0.298. The van der Waals surface area contributed by atoms with E-state index in [2.05, 4.69) is 10.1 Å². The van der Waals surface area contributed by atoms with Crippen molar-refractivity contribution in [3.63, 3.8) is 0 Å². The number of hydrogen-bond donors (Lipinski definition) is 0. The number of likely N-dealkylation sites (tertiary alicyclic amines) is 1. The zero-order valence-corrected chi connectivity index (χ0v) is 16.6. The second kappa shape index (κ2) is 8.11. The molecule has 150 valence electrons. The molecule has 3 aromatic rings. The lowest BCUT2D eigenvalue weighted by molar-refractivity contribution is -0.131. The van der Waals surface area contributed by atoms with Gasteiger partial charge in [-0.05, 0) is 44.4 Å². The van der Waals surface area contributed by atoms with Gasteiger partial charge >= 0.3 is 0 Å². The predicted octanol–water partition coefficient (Wildman–Crippen LogP) is 3.84. The van der Waals surface area contributed by atoms with E-state index in [0.717, 1.165) is 41.9 Å². The number of carbonyl (C=O) groups is 1. The van der Waals surface area contributed by atoms with Crippen LogP contribution in [0.2, 0.25) is 0 Å². The number of rotatable bonds is 4. The predicted molar refractivity (Wildman–Crippen MR) is 106 cm³/mol. The van der Waals surface area contributed by atoms with Gasteiger partial charge in [-0.25, -0.2) is 14.4 Å². The molecule has 0 N–H and O–H groups in total. The molecule has 1 saturated heterocycles. The lowest BCUT2D eigenvalue weighted by Crippen LogP contribution is -2.40. The summed E-state index contributed by atoms with van der Waals surface area (Å²) in [6.45, 7) is 5.05. The maximum Gasteiger partial charge on any atom is 0.227 e. The van der Waals surface area contributed by atoms with Crippen LogP contribution in [0.3, 0.4) is 0 Å². The molecule has 0 saturated carbocycles.